The molecule has 0 aromatic carbocycles. The first-order valence-corrected chi connectivity index (χ1v) is 4.02. The Bertz CT molecular complexity index is 195. The molecule has 0 atom stereocenters. The van der Waals surface area contributed by atoms with Gasteiger partial charge in [-0.15, -0.1) is 0 Å². The van der Waals surface area contributed by atoms with Gasteiger partial charge < -0.3 is 19.8 Å². The molecule has 0 amide bonds. The van der Waals surface area contributed by atoms with Crippen molar-refractivity contribution in [2.45, 2.75) is 32.1 Å². The van der Waals surface area contributed by atoms with E-state index < -0.39 is 17.4 Å². The normalized spacial score (nSPS) is 18.6. The summed E-state index contributed by atoms with van der Waals surface area (Å²) < 4.78 is 0. The molecule has 14 heavy (non-hydrogen) atoms. The van der Waals surface area contributed by atoms with Crippen molar-refractivity contribution in [2.75, 3.05) is 0 Å². The van der Waals surface area contributed by atoms with Crippen LogP contribution in [-0.2, 0) is 9.59 Å². The van der Waals surface area contributed by atoms with Crippen LogP contribution in [0.25, 0.3) is 0 Å². The summed E-state index contributed by atoms with van der Waals surface area (Å²) in [5, 5.41) is 21.2. The average Bonchev–Trinajstić information content (AvgIpc) is 2.05. The second kappa shape index (κ2) is 7.25. The van der Waals surface area contributed by atoms with Gasteiger partial charge in [0.25, 0.3) is 0 Å². The van der Waals surface area contributed by atoms with Crippen molar-refractivity contribution in [3.05, 3.63) is 0 Å². The molecule has 1 aliphatic rings. The zero-order valence-corrected chi connectivity index (χ0v) is 12.7. The van der Waals surface area contributed by atoms with Gasteiger partial charge in [-0.1, -0.05) is 19.3 Å². The molecule has 68 valence electrons. The molecule has 1 saturated carbocycles. The third kappa shape index (κ3) is 3.51. The van der Waals surface area contributed by atoms with Crippen LogP contribution in [0.4, 0.5) is 0 Å². The van der Waals surface area contributed by atoms with Crippen molar-refractivity contribution >= 4 is 11.9 Å². The molecule has 0 aromatic rings. The van der Waals surface area contributed by atoms with E-state index in [1.807, 2.05) is 0 Å². The minimum absolute atomic E-state index is 0. The summed E-state index contributed by atoms with van der Waals surface area (Å²) in [5.41, 5.74) is -1.71. The fraction of sp³-hybridized carbons (Fsp3) is 0.750. The number of carbonyl (C=O) groups is 2. The minimum Gasteiger partial charge on any atom is -0.549 e. The first-order chi connectivity index (χ1) is 5.59. The van der Waals surface area contributed by atoms with E-state index in [2.05, 4.69) is 0 Å². The van der Waals surface area contributed by atoms with E-state index in [0.717, 1.165) is 6.42 Å². The molecule has 0 aliphatic heterocycles. The van der Waals surface area contributed by atoms with E-state index >= 15 is 0 Å². The van der Waals surface area contributed by atoms with Gasteiger partial charge in [-0.3, -0.25) is 0 Å². The van der Waals surface area contributed by atoms with Gasteiger partial charge in [0.2, 0.25) is 0 Å². The minimum atomic E-state index is -1.71. The summed E-state index contributed by atoms with van der Waals surface area (Å²) in [6.07, 6.45) is 2.45. The summed E-state index contributed by atoms with van der Waals surface area (Å²) in [6.45, 7) is 0. The molecule has 1 rings (SSSR count). The number of hydrogen-bond acceptors (Lipinski definition) is 4. The Labute approximate surface area is 127 Å². The number of carboxylic acids is 2. The van der Waals surface area contributed by atoms with E-state index in [4.69, 9.17) is 0 Å². The zero-order chi connectivity index (χ0) is 9.19. The van der Waals surface area contributed by atoms with Gasteiger partial charge in [0, 0.05) is 5.41 Å². The van der Waals surface area contributed by atoms with E-state index in [9.17, 15) is 19.8 Å². The van der Waals surface area contributed by atoms with Gasteiger partial charge in [0.1, 0.15) is 0 Å². The number of aliphatic carboxylic acids is 2. The molecule has 0 bridgehead atoms. The van der Waals surface area contributed by atoms with Crippen molar-refractivity contribution in [3.8, 4) is 0 Å². The Hall–Kier alpha value is 0.940. The Balaban J connectivity index is 0. The number of rotatable bonds is 2. The SMILES string of the molecule is O=C([O-])C1(C(=O)[O-])CCCCC1.[Na+].[Na+]. The van der Waals surface area contributed by atoms with E-state index in [-0.39, 0.29) is 72.0 Å². The molecule has 0 spiro atoms. The molecule has 0 N–H and O–H groups in total. The summed E-state index contributed by atoms with van der Waals surface area (Å²) in [7, 11) is 0. The second-order valence-electron chi connectivity index (χ2n) is 3.22. The van der Waals surface area contributed by atoms with Crippen molar-refractivity contribution in [3.63, 3.8) is 0 Å². The molecule has 0 radical (unpaired) electrons. The Morgan fingerprint density at radius 1 is 0.857 bits per heavy atom. The topological polar surface area (TPSA) is 80.3 Å². The Morgan fingerprint density at radius 2 is 1.21 bits per heavy atom. The maximum Gasteiger partial charge on any atom is 1.00 e. The maximum atomic E-state index is 10.6. The van der Waals surface area contributed by atoms with E-state index in [1.165, 1.54) is 0 Å². The van der Waals surface area contributed by atoms with Crippen LogP contribution in [0.2, 0.25) is 0 Å². The van der Waals surface area contributed by atoms with Gasteiger partial charge in [-0.25, -0.2) is 0 Å². The molecule has 6 heteroatoms. The van der Waals surface area contributed by atoms with Crippen molar-refractivity contribution in [1.29, 1.82) is 0 Å². The van der Waals surface area contributed by atoms with Crippen LogP contribution in [-0.4, -0.2) is 11.9 Å². The van der Waals surface area contributed by atoms with Crippen LogP contribution < -0.4 is 69.3 Å². The molecule has 0 saturated heterocycles. The molecule has 1 fully saturated rings. The van der Waals surface area contributed by atoms with Gasteiger partial charge in [0.05, 0.1) is 11.9 Å². The van der Waals surface area contributed by atoms with E-state index in [1.54, 1.807) is 0 Å². The summed E-state index contributed by atoms with van der Waals surface area (Å²) >= 11 is 0. The van der Waals surface area contributed by atoms with Crippen LogP contribution in [0.15, 0.2) is 0 Å². The summed E-state index contributed by atoms with van der Waals surface area (Å²) in [4.78, 5) is 21.2. The van der Waals surface area contributed by atoms with Crippen LogP contribution in [0, 0.1) is 5.41 Å². The van der Waals surface area contributed by atoms with Crippen LogP contribution in [0.1, 0.15) is 32.1 Å². The number of carbonyl (C=O) groups excluding carboxylic acids is 2. The van der Waals surface area contributed by atoms with Crippen molar-refractivity contribution in [1.82, 2.24) is 0 Å². The predicted octanol–water partition coefficient (Wildman–Crippen LogP) is -7.56. The molecular weight excluding hydrogens is 206 g/mol. The third-order valence-electron chi connectivity index (χ3n) is 2.49. The molecule has 0 aromatic heterocycles. The summed E-state index contributed by atoms with van der Waals surface area (Å²) in [5.74, 6) is -3.00. The standard InChI is InChI=1S/C8H12O4.2Na/c9-6(10)8(7(11)12)4-2-1-3-5-8;;/h1-5H2,(H,9,10)(H,11,12);;/q;2*+1/p-2. The maximum absolute atomic E-state index is 10.6. The van der Waals surface area contributed by atoms with Gasteiger partial charge in [-0.2, -0.15) is 0 Å². The van der Waals surface area contributed by atoms with Crippen LogP contribution in [0.3, 0.4) is 0 Å². The van der Waals surface area contributed by atoms with Gasteiger partial charge >= 0.3 is 59.1 Å². The second-order valence-corrected chi connectivity index (χ2v) is 3.22. The van der Waals surface area contributed by atoms with Crippen molar-refractivity contribution < 1.29 is 78.9 Å². The first kappa shape index (κ1) is 17.3. The van der Waals surface area contributed by atoms with Crippen LogP contribution >= 0.6 is 0 Å². The summed E-state index contributed by atoms with van der Waals surface area (Å²) in [6, 6.07) is 0. The fourth-order valence-corrected chi connectivity index (χ4v) is 1.65. The quantitative estimate of drug-likeness (QED) is 0.339. The first-order valence-electron chi connectivity index (χ1n) is 4.02. The molecule has 1 aliphatic carbocycles. The largest absolute Gasteiger partial charge is 1.00 e. The fourth-order valence-electron chi connectivity index (χ4n) is 1.65. The average molecular weight is 216 g/mol. The predicted molar refractivity (Wildman–Crippen MR) is 35.5 cm³/mol. The smallest absolute Gasteiger partial charge is 0.549 e. The number of carboxylic acid groups (broad SMARTS) is 2. The molecule has 4 nitrogen and oxygen atoms in total. The van der Waals surface area contributed by atoms with Gasteiger partial charge in [-0.05, 0) is 12.8 Å². The van der Waals surface area contributed by atoms with Crippen LogP contribution in [0.5, 0.6) is 0 Å². The Kier molecular flexibility index (Phi) is 8.98. The zero-order valence-electron chi connectivity index (χ0n) is 8.67. The monoisotopic (exact) mass is 216 g/mol. The third-order valence-corrected chi connectivity index (χ3v) is 2.49. The number of hydrogen-bond donors (Lipinski definition) is 0. The van der Waals surface area contributed by atoms with Crippen molar-refractivity contribution in [2.24, 2.45) is 5.41 Å². The molecular formula is C8H10Na2O4. The Morgan fingerprint density at radius 3 is 1.43 bits per heavy atom. The van der Waals surface area contributed by atoms with Gasteiger partial charge in [0.15, 0.2) is 0 Å². The molecule has 0 heterocycles. The van der Waals surface area contributed by atoms with E-state index in [0.29, 0.717) is 12.8 Å². The molecule has 0 unspecified atom stereocenters.